The van der Waals surface area contributed by atoms with Crippen LogP contribution in [0.25, 0.3) is 5.65 Å². The molecule has 0 saturated carbocycles. The maximum Gasteiger partial charge on any atom is 0.199 e. The first kappa shape index (κ1) is 10.1. The number of anilines is 1. The molecule has 15 heavy (non-hydrogen) atoms. The second kappa shape index (κ2) is 4.88. The van der Waals surface area contributed by atoms with E-state index in [1.54, 1.807) is 16.9 Å². The predicted octanol–water partition coefficient (Wildman–Crippen LogP) is 0.950. The summed E-state index contributed by atoms with van der Waals surface area (Å²) >= 11 is 5.58. The Morgan fingerprint density at radius 1 is 1.33 bits per heavy atom. The number of unbranched alkanes of at least 4 members (excludes halogenated alkanes) is 1. The molecular weight excluding hydrogens is 216 g/mol. The third kappa shape index (κ3) is 2.33. The summed E-state index contributed by atoms with van der Waals surface area (Å²) in [5, 5.41) is 14.4. The molecule has 0 fully saturated rings. The van der Waals surface area contributed by atoms with Gasteiger partial charge in [-0.25, -0.2) is 0 Å². The molecule has 0 aromatic carbocycles. The van der Waals surface area contributed by atoms with Gasteiger partial charge in [0.05, 0.1) is 12.4 Å². The normalized spacial score (nSPS) is 10.7. The standard InChI is InChI=1S/C8H11ClN6/c9-3-1-2-4-11-7-5-10-6-8-12-13-14-15(7)8/h5-6,11H,1-4H2. The van der Waals surface area contributed by atoms with E-state index in [1.165, 1.54) is 0 Å². The lowest BCUT2D eigenvalue weighted by atomic mass is 10.3. The summed E-state index contributed by atoms with van der Waals surface area (Å²) in [5.41, 5.74) is 0.636. The van der Waals surface area contributed by atoms with Gasteiger partial charge in [-0.15, -0.1) is 16.7 Å². The van der Waals surface area contributed by atoms with Crippen molar-refractivity contribution >= 4 is 23.1 Å². The van der Waals surface area contributed by atoms with E-state index in [1.807, 2.05) is 0 Å². The van der Waals surface area contributed by atoms with Crippen molar-refractivity contribution in [2.45, 2.75) is 12.8 Å². The van der Waals surface area contributed by atoms with Gasteiger partial charge in [0.2, 0.25) is 0 Å². The number of halogens is 1. The first-order valence-electron chi connectivity index (χ1n) is 4.74. The Morgan fingerprint density at radius 3 is 3.13 bits per heavy atom. The highest BCUT2D eigenvalue weighted by Crippen LogP contribution is 2.05. The van der Waals surface area contributed by atoms with Crippen molar-refractivity contribution in [2.75, 3.05) is 17.7 Å². The van der Waals surface area contributed by atoms with Gasteiger partial charge < -0.3 is 5.32 Å². The fraction of sp³-hybridized carbons (Fsp3) is 0.500. The van der Waals surface area contributed by atoms with Crippen LogP contribution in [0.1, 0.15) is 12.8 Å². The van der Waals surface area contributed by atoms with Crippen molar-refractivity contribution in [3.05, 3.63) is 12.4 Å². The zero-order valence-electron chi connectivity index (χ0n) is 8.10. The molecule has 1 N–H and O–H groups in total. The minimum Gasteiger partial charge on any atom is -0.369 e. The number of aromatic nitrogens is 5. The molecule has 0 unspecified atom stereocenters. The number of rotatable bonds is 5. The summed E-state index contributed by atoms with van der Waals surface area (Å²) in [7, 11) is 0. The van der Waals surface area contributed by atoms with E-state index in [-0.39, 0.29) is 0 Å². The average molecular weight is 227 g/mol. The van der Waals surface area contributed by atoms with E-state index in [2.05, 4.69) is 25.8 Å². The molecule has 0 radical (unpaired) electrons. The Balaban J connectivity index is 2.04. The molecule has 0 bridgehead atoms. The zero-order valence-corrected chi connectivity index (χ0v) is 8.85. The largest absolute Gasteiger partial charge is 0.369 e. The van der Waals surface area contributed by atoms with E-state index in [0.29, 0.717) is 11.5 Å². The second-order valence-corrected chi connectivity index (χ2v) is 3.44. The topological polar surface area (TPSA) is 68.0 Å². The van der Waals surface area contributed by atoms with E-state index in [0.717, 1.165) is 25.2 Å². The number of nitrogens with zero attached hydrogens (tertiary/aromatic N) is 5. The zero-order chi connectivity index (χ0) is 10.5. The molecule has 0 atom stereocenters. The maximum absolute atomic E-state index is 5.58. The number of alkyl halides is 1. The van der Waals surface area contributed by atoms with Crippen LogP contribution in [0.5, 0.6) is 0 Å². The number of nitrogens with one attached hydrogen (secondary N) is 1. The molecule has 2 heterocycles. The summed E-state index contributed by atoms with van der Waals surface area (Å²) in [5.74, 6) is 1.49. The molecule has 2 rings (SSSR count). The summed E-state index contributed by atoms with van der Waals surface area (Å²) in [6, 6.07) is 0. The molecule has 0 aliphatic rings. The number of tetrazole rings is 1. The Hall–Kier alpha value is -1.43. The van der Waals surface area contributed by atoms with E-state index in [4.69, 9.17) is 11.6 Å². The fourth-order valence-electron chi connectivity index (χ4n) is 1.23. The van der Waals surface area contributed by atoms with Gasteiger partial charge in [-0.1, -0.05) is 0 Å². The van der Waals surface area contributed by atoms with Crippen LogP contribution in [0.4, 0.5) is 5.82 Å². The summed E-state index contributed by atoms with van der Waals surface area (Å²) in [4.78, 5) is 4.03. The minimum absolute atomic E-state index is 0.636. The maximum atomic E-state index is 5.58. The van der Waals surface area contributed by atoms with Gasteiger partial charge in [0.1, 0.15) is 5.82 Å². The first-order chi connectivity index (χ1) is 7.42. The molecule has 0 spiro atoms. The highest BCUT2D eigenvalue weighted by Gasteiger charge is 2.02. The Morgan fingerprint density at radius 2 is 2.27 bits per heavy atom. The molecule has 0 aliphatic carbocycles. The fourth-order valence-corrected chi connectivity index (χ4v) is 1.42. The third-order valence-corrected chi connectivity index (χ3v) is 2.24. The van der Waals surface area contributed by atoms with Crippen LogP contribution in [0.15, 0.2) is 12.4 Å². The van der Waals surface area contributed by atoms with Gasteiger partial charge in [-0.3, -0.25) is 4.98 Å². The predicted molar refractivity (Wildman–Crippen MR) is 57.0 cm³/mol. The van der Waals surface area contributed by atoms with Crippen molar-refractivity contribution in [3.8, 4) is 0 Å². The lowest BCUT2D eigenvalue weighted by molar-refractivity contribution is 0.798. The van der Waals surface area contributed by atoms with Crippen LogP contribution >= 0.6 is 11.6 Å². The van der Waals surface area contributed by atoms with Gasteiger partial charge in [0.15, 0.2) is 5.65 Å². The monoisotopic (exact) mass is 226 g/mol. The van der Waals surface area contributed by atoms with E-state index >= 15 is 0 Å². The molecule has 80 valence electrons. The molecule has 2 aromatic rings. The highest BCUT2D eigenvalue weighted by atomic mass is 35.5. The Labute approximate surface area is 91.6 Å². The van der Waals surface area contributed by atoms with Crippen LogP contribution in [0, 0.1) is 0 Å². The van der Waals surface area contributed by atoms with Crippen LogP contribution in [-0.4, -0.2) is 37.4 Å². The SMILES string of the molecule is ClCCCCNc1cncc2nnnn12. The van der Waals surface area contributed by atoms with Crippen LogP contribution in [-0.2, 0) is 0 Å². The third-order valence-electron chi connectivity index (χ3n) is 1.98. The molecule has 2 aromatic heterocycles. The Kier molecular flexibility index (Phi) is 3.29. The summed E-state index contributed by atoms with van der Waals surface area (Å²) in [6.07, 6.45) is 5.32. The summed E-state index contributed by atoms with van der Waals surface area (Å²) < 4.78 is 1.62. The molecule has 0 aliphatic heterocycles. The lowest BCUT2D eigenvalue weighted by Gasteiger charge is -2.05. The van der Waals surface area contributed by atoms with Crippen molar-refractivity contribution < 1.29 is 0 Å². The number of hydrogen-bond acceptors (Lipinski definition) is 5. The Bertz CT molecular complexity index is 428. The van der Waals surface area contributed by atoms with Crippen LogP contribution in [0.3, 0.4) is 0 Å². The molecule has 0 saturated heterocycles. The second-order valence-electron chi connectivity index (χ2n) is 3.06. The molecule has 0 amide bonds. The van der Waals surface area contributed by atoms with E-state index in [9.17, 15) is 0 Å². The van der Waals surface area contributed by atoms with Crippen molar-refractivity contribution in [1.29, 1.82) is 0 Å². The van der Waals surface area contributed by atoms with Crippen LogP contribution < -0.4 is 5.32 Å². The van der Waals surface area contributed by atoms with Gasteiger partial charge in [-0.05, 0) is 23.3 Å². The van der Waals surface area contributed by atoms with Gasteiger partial charge in [-0.2, -0.15) is 4.52 Å². The van der Waals surface area contributed by atoms with Gasteiger partial charge in [0.25, 0.3) is 0 Å². The summed E-state index contributed by atoms with van der Waals surface area (Å²) in [6.45, 7) is 0.841. The van der Waals surface area contributed by atoms with Crippen molar-refractivity contribution in [2.24, 2.45) is 0 Å². The van der Waals surface area contributed by atoms with Gasteiger partial charge >= 0.3 is 0 Å². The quantitative estimate of drug-likeness (QED) is 0.607. The lowest BCUT2D eigenvalue weighted by Crippen LogP contribution is -2.07. The molecule has 6 nitrogen and oxygen atoms in total. The minimum atomic E-state index is 0.636. The van der Waals surface area contributed by atoms with Crippen molar-refractivity contribution in [3.63, 3.8) is 0 Å². The molecule has 7 heteroatoms. The number of fused-ring (bicyclic) bond motifs is 1. The average Bonchev–Trinajstić information content (AvgIpc) is 2.73. The highest BCUT2D eigenvalue weighted by molar-refractivity contribution is 6.17. The van der Waals surface area contributed by atoms with Crippen LogP contribution in [0.2, 0.25) is 0 Å². The number of hydrogen-bond donors (Lipinski definition) is 1. The van der Waals surface area contributed by atoms with Gasteiger partial charge in [0, 0.05) is 12.4 Å². The smallest absolute Gasteiger partial charge is 0.199 e. The first-order valence-corrected chi connectivity index (χ1v) is 5.27. The van der Waals surface area contributed by atoms with Crippen molar-refractivity contribution in [1.82, 2.24) is 25.0 Å². The molecular formula is C8H11ClN6. The van der Waals surface area contributed by atoms with E-state index < -0.39 is 0 Å².